The fraction of sp³-hybridized carbons (Fsp3) is 0.500. The van der Waals surface area contributed by atoms with Gasteiger partial charge in [-0.25, -0.2) is 4.98 Å². The molecule has 0 N–H and O–H groups in total. The molecule has 2 rings (SSSR count). The lowest BCUT2D eigenvalue weighted by atomic mass is 10.4. The molecule has 3 heteroatoms. The van der Waals surface area contributed by atoms with E-state index < -0.39 is 0 Å². The summed E-state index contributed by atoms with van der Waals surface area (Å²) in [7, 11) is 0. The highest BCUT2D eigenvalue weighted by atomic mass is 32.1. The van der Waals surface area contributed by atoms with Crippen molar-refractivity contribution in [3.8, 4) is 0 Å². The maximum Gasteiger partial charge on any atom is 0.103 e. The summed E-state index contributed by atoms with van der Waals surface area (Å²) in [5.41, 5.74) is 0. The molecule has 0 amide bonds. The zero-order valence-corrected chi connectivity index (χ0v) is 12.1. The van der Waals surface area contributed by atoms with Gasteiger partial charge in [-0.05, 0) is 25.0 Å². The van der Waals surface area contributed by atoms with Crippen LogP contribution in [0.15, 0.2) is 34.4 Å². The summed E-state index contributed by atoms with van der Waals surface area (Å²) in [5.74, 6) is 1.06. The Balaban J connectivity index is 0.000000265. The van der Waals surface area contributed by atoms with E-state index in [1.54, 1.807) is 17.6 Å². The Morgan fingerprint density at radius 1 is 1.29 bits per heavy atom. The molecule has 0 aliphatic rings. The van der Waals surface area contributed by atoms with Crippen molar-refractivity contribution in [1.82, 2.24) is 4.98 Å². The molecule has 0 atom stereocenters. The quantitative estimate of drug-likeness (QED) is 0.772. The third kappa shape index (κ3) is 7.75. The molecule has 2 aromatic rings. The Morgan fingerprint density at radius 3 is 2.41 bits per heavy atom. The van der Waals surface area contributed by atoms with Gasteiger partial charge in [-0.15, -0.1) is 11.3 Å². The summed E-state index contributed by atoms with van der Waals surface area (Å²) >= 11 is 1.74. The average molecular weight is 253 g/mol. The molecule has 0 saturated heterocycles. The normalized spacial score (nSPS) is 8.71. The second-order valence-corrected chi connectivity index (χ2v) is 4.09. The maximum atomic E-state index is 4.98. The molecule has 0 bridgehead atoms. The Labute approximate surface area is 109 Å². The van der Waals surface area contributed by atoms with Crippen LogP contribution in [0.4, 0.5) is 0 Å². The fourth-order valence-corrected chi connectivity index (χ4v) is 1.83. The van der Waals surface area contributed by atoms with Crippen LogP contribution < -0.4 is 0 Å². The largest absolute Gasteiger partial charge is 0.469 e. The van der Waals surface area contributed by atoms with Gasteiger partial charge < -0.3 is 4.42 Å². The molecule has 2 nitrogen and oxygen atoms in total. The minimum Gasteiger partial charge on any atom is -0.469 e. The van der Waals surface area contributed by atoms with Crippen molar-refractivity contribution in [3.05, 3.63) is 40.7 Å². The van der Waals surface area contributed by atoms with Crippen LogP contribution in [0.5, 0.6) is 0 Å². The number of thiazole rings is 1. The molecule has 2 heterocycles. The highest BCUT2D eigenvalue weighted by Crippen LogP contribution is 2.05. The van der Waals surface area contributed by atoms with Crippen molar-refractivity contribution in [3.63, 3.8) is 0 Å². The second kappa shape index (κ2) is 11.4. The van der Waals surface area contributed by atoms with Crippen LogP contribution in [0, 0.1) is 0 Å². The van der Waals surface area contributed by atoms with E-state index in [0.717, 1.165) is 18.6 Å². The second-order valence-electron chi connectivity index (χ2n) is 3.11. The van der Waals surface area contributed by atoms with Gasteiger partial charge in [0.25, 0.3) is 0 Å². The summed E-state index contributed by atoms with van der Waals surface area (Å²) in [6, 6.07) is 3.87. The Kier molecular flexibility index (Phi) is 10.7. The van der Waals surface area contributed by atoms with Crippen LogP contribution in [0.1, 0.15) is 44.9 Å². The van der Waals surface area contributed by atoms with Crippen molar-refractivity contribution >= 4 is 11.3 Å². The maximum absolute atomic E-state index is 4.98. The first-order valence-electron chi connectivity index (χ1n) is 6.27. The van der Waals surface area contributed by atoms with E-state index in [1.807, 2.05) is 37.6 Å². The molecule has 0 aliphatic heterocycles. The van der Waals surface area contributed by atoms with Gasteiger partial charge in [0, 0.05) is 18.0 Å². The number of nitrogens with zero attached hydrogens (tertiary/aromatic N) is 1. The number of hydrogen-bond donors (Lipinski definition) is 0. The molecule has 2 aromatic heterocycles. The number of hydrogen-bond acceptors (Lipinski definition) is 3. The SMILES string of the molecule is CC.CCCc1nccs1.CCc1ccco1. The molecular weight excluding hydrogens is 230 g/mol. The Hall–Kier alpha value is -1.09. The monoisotopic (exact) mass is 253 g/mol. The number of aryl methyl sites for hydroxylation is 2. The fourth-order valence-electron chi connectivity index (χ4n) is 1.10. The summed E-state index contributed by atoms with van der Waals surface area (Å²) in [6.07, 6.45) is 6.88. The predicted octanol–water partition coefficient (Wildman–Crippen LogP) is 4.96. The molecule has 0 saturated carbocycles. The zero-order chi connectivity index (χ0) is 12.9. The first kappa shape index (κ1) is 15.9. The first-order valence-corrected chi connectivity index (χ1v) is 7.15. The lowest BCUT2D eigenvalue weighted by Crippen LogP contribution is -1.76. The van der Waals surface area contributed by atoms with Crippen LogP contribution in [0.25, 0.3) is 0 Å². The van der Waals surface area contributed by atoms with Gasteiger partial charge in [0.15, 0.2) is 0 Å². The third-order valence-electron chi connectivity index (χ3n) is 1.88. The molecule has 96 valence electrons. The highest BCUT2D eigenvalue weighted by molar-refractivity contribution is 7.09. The molecule has 0 radical (unpaired) electrons. The van der Waals surface area contributed by atoms with Gasteiger partial charge >= 0.3 is 0 Å². The first-order chi connectivity index (χ1) is 8.36. The minimum atomic E-state index is 0.993. The van der Waals surface area contributed by atoms with E-state index in [4.69, 9.17) is 4.42 Å². The van der Waals surface area contributed by atoms with E-state index in [1.165, 1.54) is 11.4 Å². The third-order valence-corrected chi connectivity index (χ3v) is 2.72. The van der Waals surface area contributed by atoms with E-state index in [0.29, 0.717) is 0 Å². The number of rotatable bonds is 3. The topological polar surface area (TPSA) is 26.0 Å². The van der Waals surface area contributed by atoms with Crippen LogP contribution in [-0.2, 0) is 12.8 Å². The summed E-state index contributed by atoms with van der Waals surface area (Å²) in [4.78, 5) is 4.12. The molecular formula is C14H23NOS. The summed E-state index contributed by atoms with van der Waals surface area (Å²) < 4.78 is 4.98. The van der Waals surface area contributed by atoms with Crippen molar-refractivity contribution in [1.29, 1.82) is 0 Å². The van der Waals surface area contributed by atoms with Gasteiger partial charge in [-0.3, -0.25) is 0 Å². The average Bonchev–Trinajstić information content (AvgIpc) is 3.05. The zero-order valence-electron chi connectivity index (χ0n) is 11.3. The van der Waals surface area contributed by atoms with E-state index in [9.17, 15) is 0 Å². The standard InChI is InChI=1S/C6H9NS.C6H8O.C2H6/c1-2-3-6-7-4-5-8-6;1-2-6-4-3-5-7-6;1-2/h4-5H,2-3H2,1H3;3-5H,2H2,1H3;1-2H3. The molecule has 0 aromatic carbocycles. The summed E-state index contributed by atoms with van der Waals surface area (Å²) in [6.45, 7) is 8.24. The van der Waals surface area contributed by atoms with Crippen molar-refractivity contribution in [2.45, 2.75) is 47.0 Å². The van der Waals surface area contributed by atoms with Gasteiger partial charge in [0.2, 0.25) is 0 Å². The lowest BCUT2D eigenvalue weighted by Gasteiger charge is -1.84. The van der Waals surface area contributed by atoms with E-state index in [2.05, 4.69) is 18.8 Å². The van der Waals surface area contributed by atoms with Gasteiger partial charge in [0.1, 0.15) is 5.76 Å². The van der Waals surface area contributed by atoms with Gasteiger partial charge in [-0.2, -0.15) is 0 Å². The van der Waals surface area contributed by atoms with E-state index >= 15 is 0 Å². The van der Waals surface area contributed by atoms with Gasteiger partial charge in [0.05, 0.1) is 11.3 Å². The highest BCUT2D eigenvalue weighted by Gasteiger charge is 1.88. The number of furan rings is 1. The minimum absolute atomic E-state index is 0.993. The van der Waals surface area contributed by atoms with Crippen LogP contribution >= 0.6 is 11.3 Å². The van der Waals surface area contributed by atoms with E-state index in [-0.39, 0.29) is 0 Å². The summed E-state index contributed by atoms with van der Waals surface area (Å²) in [5, 5.41) is 3.28. The molecule has 17 heavy (non-hydrogen) atoms. The Bertz CT molecular complexity index is 327. The lowest BCUT2D eigenvalue weighted by molar-refractivity contribution is 0.516. The van der Waals surface area contributed by atoms with Crippen LogP contribution in [0.3, 0.4) is 0 Å². The van der Waals surface area contributed by atoms with Crippen molar-refractivity contribution in [2.24, 2.45) is 0 Å². The van der Waals surface area contributed by atoms with Crippen LogP contribution in [-0.4, -0.2) is 4.98 Å². The smallest absolute Gasteiger partial charge is 0.103 e. The van der Waals surface area contributed by atoms with Gasteiger partial charge in [-0.1, -0.05) is 27.7 Å². The Morgan fingerprint density at radius 2 is 2.06 bits per heavy atom. The molecule has 0 aliphatic carbocycles. The number of aromatic nitrogens is 1. The van der Waals surface area contributed by atoms with Crippen LogP contribution in [0.2, 0.25) is 0 Å². The molecule has 0 spiro atoms. The predicted molar refractivity (Wildman–Crippen MR) is 75.5 cm³/mol. The molecule has 0 fully saturated rings. The molecule has 0 unspecified atom stereocenters. The van der Waals surface area contributed by atoms with Crippen molar-refractivity contribution in [2.75, 3.05) is 0 Å². The van der Waals surface area contributed by atoms with Crippen molar-refractivity contribution < 1.29 is 4.42 Å².